The molecule has 0 spiro atoms. The molecule has 2 amide bonds. The molecule has 1 aliphatic heterocycles. The van der Waals surface area contributed by atoms with Crippen LogP contribution in [-0.2, 0) is 9.59 Å². The summed E-state index contributed by atoms with van der Waals surface area (Å²) in [6, 6.07) is 1.93. The molecule has 1 aromatic carbocycles. The third-order valence-electron chi connectivity index (χ3n) is 4.45. The molecule has 0 unspecified atom stereocenters. The number of carbonyl (C=O) groups excluding carboxylic acids is 2. The molecule has 1 aliphatic rings. The highest BCUT2D eigenvalue weighted by Crippen LogP contribution is 2.26. The summed E-state index contributed by atoms with van der Waals surface area (Å²) >= 11 is 0. The van der Waals surface area contributed by atoms with Gasteiger partial charge in [-0.1, -0.05) is 0 Å². The SMILES string of the molecule is O=CCC[C@H](NC(=O)C1(O)CCN(C(=O)O)CC1)c1cc(F)cc(F)c1. The van der Waals surface area contributed by atoms with Gasteiger partial charge in [0.25, 0.3) is 5.91 Å². The average Bonchev–Trinajstić information content (AvgIpc) is 2.57. The maximum Gasteiger partial charge on any atom is 0.407 e. The summed E-state index contributed by atoms with van der Waals surface area (Å²) in [6.07, 6.45) is -0.545. The van der Waals surface area contributed by atoms with Crippen LogP contribution in [0.25, 0.3) is 0 Å². The van der Waals surface area contributed by atoms with Gasteiger partial charge in [-0.25, -0.2) is 13.6 Å². The van der Waals surface area contributed by atoms with Crippen LogP contribution in [0.2, 0.25) is 0 Å². The van der Waals surface area contributed by atoms with Crippen molar-refractivity contribution in [2.45, 2.75) is 37.3 Å². The van der Waals surface area contributed by atoms with Gasteiger partial charge in [-0.2, -0.15) is 0 Å². The Morgan fingerprint density at radius 1 is 1.23 bits per heavy atom. The van der Waals surface area contributed by atoms with Gasteiger partial charge >= 0.3 is 6.09 Å². The molecule has 9 heteroatoms. The van der Waals surface area contributed by atoms with E-state index in [0.29, 0.717) is 12.4 Å². The molecular weight excluding hydrogens is 350 g/mol. The second-order valence-corrected chi connectivity index (χ2v) is 6.27. The minimum atomic E-state index is -1.78. The van der Waals surface area contributed by atoms with Gasteiger partial charge in [-0.15, -0.1) is 0 Å². The van der Waals surface area contributed by atoms with Gasteiger partial charge in [0.15, 0.2) is 0 Å². The Bertz CT molecular complexity index is 669. The molecule has 3 N–H and O–H groups in total. The Labute approximate surface area is 148 Å². The van der Waals surface area contributed by atoms with E-state index in [9.17, 15) is 28.3 Å². The van der Waals surface area contributed by atoms with Gasteiger partial charge < -0.3 is 25.2 Å². The van der Waals surface area contributed by atoms with Crippen molar-refractivity contribution in [3.8, 4) is 0 Å². The minimum Gasteiger partial charge on any atom is -0.465 e. The average molecular weight is 370 g/mol. The first kappa shape index (κ1) is 19.8. The molecule has 0 aromatic heterocycles. The molecule has 0 bridgehead atoms. The summed E-state index contributed by atoms with van der Waals surface area (Å²) in [4.78, 5) is 35.2. The van der Waals surface area contributed by atoms with Gasteiger partial charge in [0, 0.05) is 38.4 Å². The van der Waals surface area contributed by atoms with Crippen LogP contribution in [0.1, 0.15) is 37.3 Å². The van der Waals surface area contributed by atoms with Crippen molar-refractivity contribution in [3.63, 3.8) is 0 Å². The zero-order valence-electron chi connectivity index (χ0n) is 14.0. The first-order valence-corrected chi connectivity index (χ1v) is 8.16. The van der Waals surface area contributed by atoms with E-state index in [1.807, 2.05) is 0 Å². The van der Waals surface area contributed by atoms with Gasteiger partial charge in [0.2, 0.25) is 0 Å². The standard InChI is InChI=1S/C17H20F2N2O5/c18-12-8-11(9-13(19)10-12)14(2-1-7-22)20-15(23)17(26)3-5-21(6-4-17)16(24)25/h7-10,14,26H,1-6H2,(H,20,23)(H,24,25)/t14-/m0/s1. The minimum absolute atomic E-state index is 0.00709. The number of hydrogen-bond donors (Lipinski definition) is 3. The predicted molar refractivity (Wildman–Crippen MR) is 86.3 cm³/mol. The van der Waals surface area contributed by atoms with Crippen LogP contribution in [0.4, 0.5) is 13.6 Å². The van der Waals surface area contributed by atoms with Crippen LogP contribution in [-0.4, -0.2) is 52.1 Å². The normalized spacial score (nSPS) is 17.4. The third kappa shape index (κ3) is 4.75. The second-order valence-electron chi connectivity index (χ2n) is 6.27. The summed E-state index contributed by atoms with van der Waals surface area (Å²) in [6.45, 7) is -0.0142. The molecule has 1 atom stereocenters. The molecule has 0 saturated carbocycles. The van der Waals surface area contributed by atoms with E-state index in [2.05, 4.69) is 5.32 Å². The molecule has 2 rings (SSSR count). The number of nitrogens with zero attached hydrogens (tertiary/aromatic N) is 1. The summed E-state index contributed by atoms with van der Waals surface area (Å²) < 4.78 is 26.9. The summed E-state index contributed by atoms with van der Waals surface area (Å²) in [7, 11) is 0. The van der Waals surface area contributed by atoms with E-state index < -0.39 is 35.3 Å². The quantitative estimate of drug-likeness (QED) is 0.660. The lowest BCUT2D eigenvalue weighted by Gasteiger charge is -2.36. The fraction of sp³-hybridized carbons (Fsp3) is 0.471. The molecule has 142 valence electrons. The topological polar surface area (TPSA) is 107 Å². The van der Waals surface area contributed by atoms with E-state index >= 15 is 0 Å². The third-order valence-corrected chi connectivity index (χ3v) is 4.45. The first-order valence-electron chi connectivity index (χ1n) is 8.16. The molecular formula is C17H20F2N2O5. The van der Waals surface area contributed by atoms with E-state index in [4.69, 9.17) is 5.11 Å². The molecule has 1 saturated heterocycles. The van der Waals surface area contributed by atoms with Crippen LogP contribution in [0, 0.1) is 11.6 Å². The number of nitrogens with one attached hydrogen (secondary N) is 1. The number of piperidine rings is 1. The number of hydrogen-bond acceptors (Lipinski definition) is 4. The van der Waals surface area contributed by atoms with Gasteiger partial charge in [0.1, 0.15) is 23.5 Å². The van der Waals surface area contributed by atoms with Crippen molar-refractivity contribution in [1.82, 2.24) is 10.2 Å². The van der Waals surface area contributed by atoms with Crippen molar-refractivity contribution in [1.29, 1.82) is 0 Å². The van der Waals surface area contributed by atoms with Gasteiger partial charge in [-0.05, 0) is 24.1 Å². The Kier molecular flexibility index (Phi) is 6.25. The van der Waals surface area contributed by atoms with Crippen molar-refractivity contribution in [2.75, 3.05) is 13.1 Å². The number of benzene rings is 1. The van der Waals surface area contributed by atoms with E-state index in [1.165, 1.54) is 0 Å². The van der Waals surface area contributed by atoms with Gasteiger partial charge in [0.05, 0.1) is 6.04 Å². The summed E-state index contributed by atoms with van der Waals surface area (Å²) in [5.41, 5.74) is -1.64. The highest BCUT2D eigenvalue weighted by atomic mass is 19.1. The number of halogens is 2. The highest BCUT2D eigenvalue weighted by Gasteiger charge is 2.41. The Hall–Kier alpha value is -2.55. The number of aldehydes is 1. The monoisotopic (exact) mass is 370 g/mol. The second kappa shape index (κ2) is 8.22. The first-order chi connectivity index (χ1) is 12.2. The van der Waals surface area contributed by atoms with Crippen LogP contribution < -0.4 is 5.32 Å². The molecule has 7 nitrogen and oxygen atoms in total. The molecule has 1 heterocycles. The Morgan fingerprint density at radius 3 is 2.31 bits per heavy atom. The largest absolute Gasteiger partial charge is 0.465 e. The number of likely N-dealkylation sites (tertiary alicyclic amines) is 1. The molecule has 1 aromatic rings. The zero-order chi connectivity index (χ0) is 19.3. The van der Waals surface area contributed by atoms with E-state index in [-0.39, 0.29) is 44.3 Å². The summed E-state index contributed by atoms with van der Waals surface area (Å²) in [5.74, 6) is -2.40. The van der Waals surface area contributed by atoms with Crippen LogP contribution >= 0.6 is 0 Å². The van der Waals surface area contributed by atoms with Gasteiger partial charge in [-0.3, -0.25) is 4.79 Å². The smallest absolute Gasteiger partial charge is 0.407 e. The number of rotatable bonds is 6. The van der Waals surface area contributed by atoms with Crippen LogP contribution in [0.15, 0.2) is 18.2 Å². The van der Waals surface area contributed by atoms with Crippen molar-refractivity contribution < 1.29 is 33.4 Å². The lowest BCUT2D eigenvalue weighted by Crippen LogP contribution is -2.55. The lowest BCUT2D eigenvalue weighted by molar-refractivity contribution is -0.145. The van der Waals surface area contributed by atoms with E-state index in [0.717, 1.165) is 17.0 Å². The van der Waals surface area contributed by atoms with Crippen LogP contribution in [0.5, 0.6) is 0 Å². The van der Waals surface area contributed by atoms with Crippen LogP contribution in [0.3, 0.4) is 0 Å². The number of carboxylic acid groups (broad SMARTS) is 1. The summed E-state index contributed by atoms with van der Waals surface area (Å²) in [5, 5.41) is 22.0. The molecule has 26 heavy (non-hydrogen) atoms. The zero-order valence-corrected chi connectivity index (χ0v) is 14.0. The van der Waals surface area contributed by atoms with Crippen molar-refractivity contribution in [2.24, 2.45) is 0 Å². The molecule has 0 aliphatic carbocycles. The maximum atomic E-state index is 13.5. The predicted octanol–water partition coefficient (Wildman–Crippen LogP) is 1.61. The lowest BCUT2D eigenvalue weighted by atomic mass is 9.89. The molecule has 1 fully saturated rings. The van der Waals surface area contributed by atoms with Crippen molar-refractivity contribution >= 4 is 18.3 Å². The molecule has 0 radical (unpaired) electrons. The number of carbonyl (C=O) groups is 3. The number of amides is 2. The Morgan fingerprint density at radius 2 is 1.81 bits per heavy atom. The maximum absolute atomic E-state index is 13.5. The fourth-order valence-corrected chi connectivity index (χ4v) is 2.92. The highest BCUT2D eigenvalue weighted by molar-refractivity contribution is 5.85. The van der Waals surface area contributed by atoms with Crippen molar-refractivity contribution in [3.05, 3.63) is 35.4 Å². The fourth-order valence-electron chi connectivity index (χ4n) is 2.92. The van der Waals surface area contributed by atoms with E-state index in [1.54, 1.807) is 0 Å². The number of aliphatic hydroxyl groups is 1. The Balaban J connectivity index is 2.13.